The number of rotatable bonds is 5. The van der Waals surface area contributed by atoms with E-state index in [1.54, 1.807) is 36.8 Å². The van der Waals surface area contributed by atoms with Crippen molar-refractivity contribution in [3.05, 3.63) is 73.2 Å². The number of imidazole rings is 1. The summed E-state index contributed by atoms with van der Waals surface area (Å²) in [5.41, 5.74) is 3.56. The number of nitrogens with one attached hydrogen (secondary N) is 1. The van der Waals surface area contributed by atoms with Crippen LogP contribution in [0.4, 0.5) is 5.69 Å². The molecule has 31 heavy (non-hydrogen) atoms. The summed E-state index contributed by atoms with van der Waals surface area (Å²) in [5, 5.41) is 4.03. The molecule has 0 amide bonds. The zero-order chi connectivity index (χ0) is 21.4. The van der Waals surface area contributed by atoms with Gasteiger partial charge in [0.2, 0.25) is 15.8 Å². The van der Waals surface area contributed by atoms with E-state index in [2.05, 4.69) is 24.8 Å². The number of pyridine rings is 1. The predicted octanol–water partition coefficient (Wildman–Crippen LogP) is 3.51. The van der Waals surface area contributed by atoms with Crippen molar-refractivity contribution in [1.82, 2.24) is 24.7 Å². The number of benzene rings is 2. The summed E-state index contributed by atoms with van der Waals surface area (Å²) in [7, 11) is -3.38. The number of aromatic nitrogens is 5. The standard InChI is InChI=1S/C21H16N6O3S/c1-31(28,29)26-16-6-4-5-14(11-16)21-24-20(25-30-21)15-9-10-19(22-12-15)27-13-23-17-7-2-3-8-18(17)27/h2-13,26H,1H3. The van der Waals surface area contributed by atoms with Crippen LogP contribution in [0.25, 0.3) is 39.7 Å². The number of anilines is 1. The van der Waals surface area contributed by atoms with Gasteiger partial charge in [-0.1, -0.05) is 23.4 Å². The second-order valence-electron chi connectivity index (χ2n) is 6.89. The second-order valence-corrected chi connectivity index (χ2v) is 8.63. The number of hydrogen-bond donors (Lipinski definition) is 1. The van der Waals surface area contributed by atoms with E-state index in [1.807, 2.05) is 41.0 Å². The first-order chi connectivity index (χ1) is 15.0. The summed E-state index contributed by atoms with van der Waals surface area (Å²) in [6.07, 6.45) is 4.49. The van der Waals surface area contributed by atoms with Crippen LogP contribution in [0.5, 0.6) is 0 Å². The Morgan fingerprint density at radius 2 is 1.84 bits per heavy atom. The van der Waals surface area contributed by atoms with Gasteiger partial charge in [0.05, 0.1) is 17.3 Å². The molecular weight excluding hydrogens is 416 g/mol. The first-order valence-corrected chi connectivity index (χ1v) is 11.2. The molecule has 0 bridgehead atoms. The van der Waals surface area contributed by atoms with E-state index in [1.165, 1.54) is 0 Å². The lowest BCUT2D eigenvalue weighted by Crippen LogP contribution is -2.09. The van der Waals surface area contributed by atoms with Gasteiger partial charge in [0, 0.05) is 23.0 Å². The van der Waals surface area contributed by atoms with Gasteiger partial charge in [-0.25, -0.2) is 18.4 Å². The fraction of sp³-hybridized carbons (Fsp3) is 0.0476. The number of hydrogen-bond acceptors (Lipinski definition) is 7. The first kappa shape index (κ1) is 18.9. The molecule has 10 heteroatoms. The van der Waals surface area contributed by atoms with E-state index in [0.717, 1.165) is 23.1 Å². The number of sulfonamides is 1. The molecule has 2 aromatic carbocycles. The fourth-order valence-corrected chi connectivity index (χ4v) is 3.75. The quantitative estimate of drug-likeness (QED) is 0.452. The van der Waals surface area contributed by atoms with Crippen LogP contribution in [0.15, 0.2) is 77.7 Å². The highest BCUT2D eigenvalue weighted by Gasteiger charge is 2.13. The van der Waals surface area contributed by atoms with Crippen LogP contribution >= 0.6 is 0 Å². The Hall–Kier alpha value is -4.05. The molecule has 9 nitrogen and oxygen atoms in total. The maximum atomic E-state index is 11.4. The first-order valence-electron chi connectivity index (χ1n) is 9.27. The number of fused-ring (bicyclic) bond motifs is 1. The van der Waals surface area contributed by atoms with Crippen molar-refractivity contribution in [2.75, 3.05) is 11.0 Å². The van der Waals surface area contributed by atoms with Gasteiger partial charge in [-0.15, -0.1) is 0 Å². The summed E-state index contributed by atoms with van der Waals surface area (Å²) in [6.45, 7) is 0. The Kier molecular flexibility index (Phi) is 4.48. The summed E-state index contributed by atoms with van der Waals surface area (Å²) >= 11 is 0. The molecule has 0 spiro atoms. The van der Waals surface area contributed by atoms with Crippen LogP contribution in [0.3, 0.4) is 0 Å². The Morgan fingerprint density at radius 3 is 2.65 bits per heavy atom. The molecule has 0 aliphatic rings. The molecule has 0 atom stereocenters. The molecular formula is C21H16N6O3S. The minimum absolute atomic E-state index is 0.275. The average molecular weight is 432 g/mol. The van der Waals surface area contributed by atoms with Crippen LogP contribution in [-0.2, 0) is 10.0 Å². The topological polar surface area (TPSA) is 116 Å². The molecule has 0 fully saturated rings. The summed E-state index contributed by atoms with van der Waals surface area (Å²) in [6, 6.07) is 18.3. The van der Waals surface area contributed by atoms with Crippen molar-refractivity contribution in [2.45, 2.75) is 0 Å². The lowest BCUT2D eigenvalue weighted by Gasteiger charge is -2.04. The van der Waals surface area contributed by atoms with Gasteiger partial charge in [0.15, 0.2) is 0 Å². The van der Waals surface area contributed by atoms with Gasteiger partial charge >= 0.3 is 0 Å². The van der Waals surface area contributed by atoms with Gasteiger partial charge in [-0.05, 0) is 42.5 Å². The lowest BCUT2D eigenvalue weighted by atomic mass is 10.2. The van der Waals surface area contributed by atoms with Crippen molar-refractivity contribution in [3.63, 3.8) is 0 Å². The third-order valence-electron chi connectivity index (χ3n) is 4.55. The smallest absolute Gasteiger partial charge is 0.258 e. The molecule has 5 rings (SSSR count). The van der Waals surface area contributed by atoms with Gasteiger partial charge in [-0.2, -0.15) is 4.98 Å². The Morgan fingerprint density at radius 1 is 0.968 bits per heavy atom. The largest absolute Gasteiger partial charge is 0.334 e. The van der Waals surface area contributed by atoms with Gasteiger partial charge < -0.3 is 4.52 Å². The van der Waals surface area contributed by atoms with Crippen molar-refractivity contribution in [1.29, 1.82) is 0 Å². The normalized spacial score (nSPS) is 11.6. The van der Waals surface area contributed by atoms with Crippen LogP contribution < -0.4 is 4.72 Å². The Labute approximate surface area is 177 Å². The predicted molar refractivity (Wildman–Crippen MR) is 116 cm³/mol. The van der Waals surface area contributed by atoms with E-state index in [0.29, 0.717) is 22.6 Å². The molecule has 5 aromatic rings. The minimum atomic E-state index is -3.38. The minimum Gasteiger partial charge on any atom is -0.334 e. The van der Waals surface area contributed by atoms with Gasteiger partial charge in [-0.3, -0.25) is 9.29 Å². The molecule has 0 aliphatic carbocycles. The third-order valence-corrected chi connectivity index (χ3v) is 5.15. The third kappa shape index (κ3) is 3.88. The SMILES string of the molecule is CS(=O)(=O)Nc1cccc(-c2nc(-c3ccc(-n4cnc5ccccc54)nc3)no2)c1. The van der Waals surface area contributed by atoms with Crippen molar-refractivity contribution in [2.24, 2.45) is 0 Å². The van der Waals surface area contributed by atoms with E-state index < -0.39 is 10.0 Å². The van der Waals surface area contributed by atoms with Crippen molar-refractivity contribution < 1.29 is 12.9 Å². The molecule has 154 valence electrons. The maximum Gasteiger partial charge on any atom is 0.258 e. The molecule has 1 N–H and O–H groups in total. The zero-order valence-corrected chi connectivity index (χ0v) is 17.1. The lowest BCUT2D eigenvalue weighted by molar-refractivity contribution is 0.432. The number of para-hydroxylation sites is 2. The molecule has 3 heterocycles. The molecule has 0 saturated carbocycles. The monoisotopic (exact) mass is 432 g/mol. The van der Waals surface area contributed by atoms with E-state index >= 15 is 0 Å². The summed E-state index contributed by atoms with van der Waals surface area (Å²) < 4.78 is 32.6. The van der Waals surface area contributed by atoms with Crippen LogP contribution in [0.1, 0.15) is 0 Å². The highest BCUT2D eigenvalue weighted by atomic mass is 32.2. The van der Waals surface area contributed by atoms with Gasteiger partial charge in [0.25, 0.3) is 5.89 Å². The number of nitrogens with zero attached hydrogens (tertiary/aromatic N) is 5. The molecule has 0 unspecified atom stereocenters. The fourth-order valence-electron chi connectivity index (χ4n) is 3.19. The average Bonchev–Trinajstić information content (AvgIpc) is 3.41. The van der Waals surface area contributed by atoms with Crippen LogP contribution in [0.2, 0.25) is 0 Å². The molecule has 0 aliphatic heterocycles. The zero-order valence-electron chi connectivity index (χ0n) is 16.3. The van der Waals surface area contributed by atoms with Crippen LogP contribution in [0, 0.1) is 0 Å². The summed E-state index contributed by atoms with van der Waals surface area (Å²) in [4.78, 5) is 13.3. The second kappa shape index (κ2) is 7.33. The molecule has 3 aromatic heterocycles. The highest BCUT2D eigenvalue weighted by molar-refractivity contribution is 7.92. The van der Waals surface area contributed by atoms with Crippen molar-refractivity contribution in [3.8, 4) is 28.7 Å². The highest BCUT2D eigenvalue weighted by Crippen LogP contribution is 2.25. The molecule has 0 saturated heterocycles. The van der Waals surface area contributed by atoms with Crippen LogP contribution in [-0.4, -0.2) is 39.3 Å². The van der Waals surface area contributed by atoms with Crippen molar-refractivity contribution >= 4 is 26.7 Å². The van der Waals surface area contributed by atoms with Gasteiger partial charge in [0.1, 0.15) is 12.1 Å². The van der Waals surface area contributed by atoms with E-state index in [-0.39, 0.29) is 5.89 Å². The molecule has 0 radical (unpaired) electrons. The van der Waals surface area contributed by atoms with E-state index in [9.17, 15) is 8.42 Å². The summed E-state index contributed by atoms with van der Waals surface area (Å²) in [5.74, 6) is 1.38. The maximum absolute atomic E-state index is 11.4. The Balaban J connectivity index is 1.42. The van der Waals surface area contributed by atoms with E-state index in [4.69, 9.17) is 4.52 Å². The Bertz CT molecular complexity index is 1490.